The predicted octanol–water partition coefficient (Wildman–Crippen LogP) is 0.842. The lowest BCUT2D eigenvalue weighted by molar-refractivity contribution is 0.0560. The third-order valence-corrected chi connectivity index (χ3v) is 1.11. The van der Waals surface area contributed by atoms with Crippen LogP contribution in [0.25, 0.3) is 0 Å². The van der Waals surface area contributed by atoms with E-state index in [0.717, 1.165) is 5.06 Å². The fourth-order valence-corrected chi connectivity index (χ4v) is 0.646. The van der Waals surface area contributed by atoms with Crippen molar-refractivity contribution >= 4 is 0 Å². The molecule has 0 fully saturated rings. The van der Waals surface area contributed by atoms with Crippen molar-refractivity contribution < 1.29 is 4.74 Å². The second-order valence-electron chi connectivity index (χ2n) is 1.71. The Labute approximate surface area is 53.8 Å². The van der Waals surface area contributed by atoms with Crippen LogP contribution in [0, 0.1) is 5.21 Å². The summed E-state index contributed by atoms with van der Waals surface area (Å²) in [6.07, 6.45) is 6.13. The van der Waals surface area contributed by atoms with E-state index in [4.69, 9.17) is 4.74 Å². The summed E-state index contributed by atoms with van der Waals surface area (Å²) in [7, 11) is 1.50. The van der Waals surface area contributed by atoms with Gasteiger partial charge >= 0.3 is 0 Å². The summed E-state index contributed by atoms with van der Waals surface area (Å²) in [5.74, 6) is 0. The summed E-state index contributed by atoms with van der Waals surface area (Å²) < 4.78 is 4.78. The molecule has 0 saturated heterocycles. The molecule has 0 spiro atoms. The zero-order valence-corrected chi connectivity index (χ0v) is 5.15. The van der Waals surface area contributed by atoms with Gasteiger partial charge in [0.1, 0.15) is 6.23 Å². The standard InChI is InChI=1S/C6H8NO2/c1-9-6-4-2-3-5-7(6)8/h2-6H,1H3/q-1. The SMILES string of the molecule is COC1C=CC=CN1[O-]. The van der Waals surface area contributed by atoms with Gasteiger partial charge in [0.2, 0.25) is 0 Å². The van der Waals surface area contributed by atoms with E-state index in [1.54, 1.807) is 18.2 Å². The number of hydroxylamine groups is 2. The summed E-state index contributed by atoms with van der Waals surface area (Å²) in [4.78, 5) is 0. The smallest absolute Gasteiger partial charge is 0.138 e. The molecule has 0 N–H and O–H groups in total. The van der Waals surface area contributed by atoms with Crippen LogP contribution in [-0.4, -0.2) is 18.4 Å². The zero-order chi connectivity index (χ0) is 6.69. The Morgan fingerprint density at radius 1 is 1.56 bits per heavy atom. The maximum Gasteiger partial charge on any atom is 0.138 e. The molecule has 0 radical (unpaired) electrons. The molecule has 9 heavy (non-hydrogen) atoms. The van der Waals surface area contributed by atoms with Gasteiger partial charge in [-0.15, -0.1) is 0 Å². The number of methoxy groups -OCH3 is 1. The fourth-order valence-electron chi connectivity index (χ4n) is 0.646. The molecule has 1 aliphatic heterocycles. The molecule has 0 saturated carbocycles. The maximum absolute atomic E-state index is 10.7. The Kier molecular flexibility index (Phi) is 1.87. The average molecular weight is 126 g/mol. The maximum atomic E-state index is 10.7. The molecule has 0 aromatic heterocycles. The lowest BCUT2D eigenvalue weighted by Gasteiger charge is -2.34. The first-order valence-electron chi connectivity index (χ1n) is 2.68. The Balaban J connectivity index is 2.55. The monoisotopic (exact) mass is 126 g/mol. The normalized spacial score (nSPS) is 25.1. The van der Waals surface area contributed by atoms with Crippen LogP contribution >= 0.6 is 0 Å². The average Bonchev–Trinajstić information content (AvgIpc) is 1.89. The second kappa shape index (κ2) is 2.66. The van der Waals surface area contributed by atoms with Crippen LogP contribution in [-0.2, 0) is 4.74 Å². The molecule has 50 valence electrons. The number of hydrogen-bond acceptors (Lipinski definition) is 3. The zero-order valence-electron chi connectivity index (χ0n) is 5.15. The third kappa shape index (κ3) is 1.31. The number of nitrogens with zero attached hydrogens (tertiary/aromatic N) is 1. The van der Waals surface area contributed by atoms with Crippen molar-refractivity contribution in [3.05, 3.63) is 29.6 Å². The molecule has 3 nitrogen and oxygen atoms in total. The Bertz CT molecular complexity index is 142. The van der Waals surface area contributed by atoms with Gasteiger partial charge in [-0.3, -0.25) is 0 Å². The van der Waals surface area contributed by atoms with Crippen molar-refractivity contribution in [3.63, 3.8) is 0 Å². The van der Waals surface area contributed by atoms with Crippen molar-refractivity contribution in [2.45, 2.75) is 6.23 Å². The molecule has 0 aliphatic carbocycles. The molecule has 3 heteroatoms. The molecule has 1 heterocycles. The Morgan fingerprint density at radius 2 is 2.33 bits per heavy atom. The highest BCUT2D eigenvalue weighted by Gasteiger charge is 2.01. The minimum absolute atomic E-state index is 0.435. The van der Waals surface area contributed by atoms with Gasteiger partial charge in [0.25, 0.3) is 0 Å². The van der Waals surface area contributed by atoms with Crippen LogP contribution < -0.4 is 0 Å². The first-order chi connectivity index (χ1) is 4.34. The van der Waals surface area contributed by atoms with E-state index in [9.17, 15) is 5.21 Å². The fraction of sp³-hybridized carbons (Fsp3) is 0.333. The van der Waals surface area contributed by atoms with E-state index >= 15 is 0 Å². The molecular formula is C6H8NO2-. The largest absolute Gasteiger partial charge is 0.757 e. The molecule has 1 aliphatic rings. The highest BCUT2D eigenvalue weighted by Crippen LogP contribution is 2.05. The van der Waals surface area contributed by atoms with Crippen molar-refractivity contribution in [2.24, 2.45) is 0 Å². The second-order valence-corrected chi connectivity index (χ2v) is 1.71. The van der Waals surface area contributed by atoms with Gasteiger partial charge in [0.05, 0.1) is 0 Å². The number of rotatable bonds is 1. The number of hydrogen-bond donors (Lipinski definition) is 0. The first kappa shape index (κ1) is 6.32. The topological polar surface area (TPSA) is 35.5 Å². The molecule has 1 unspecified atom stereocenters. The number of allylic oxidation sites excluding steroid dienone is 2. The molecule has 0 bridgehead atoms. The van der Waals surface area contributed by atoms with E-state index in [1.807, 2.05) is 0 Å². The van der Waals surface area contributed by atoms with Crippen LogP contribution in [0.1, 0.15) is 0 Å². The summed E-state index contributed by atoms with van der Waals surface area (Å²) in [6, 6.07) is 0. The van der Waals surface area contributed by atoms with Crippen LogP contribution in [0.4, 0.5) is 0 Å². The molecule has 0 amide bonds. The van der Waals surface area contributed by atoms with E-state index in [0.29, 0.717) is 0 Å². The van der Waals surface area contributed by atoms with Gasteiger partial charge in [-0.1, -0.05) is 6.08 Å². The predicted molar refractivity (Wildman–Crippen MR) is 34.3 cm³/mol. The van der Waals surface area contributed by atoms with E-state index in [-0.39, 0.29) is 0 Å². The summed E-state index contributed by atoms with van der Waals surface area (Å²) in [5.41, 5.74) is 0. The van der Waals surface area contributed by atoms with E-state index < -0.39 is 6.23 Å². The van der Waals surface area contributed by atoms with Gasteiger partial charge in [0.15, 0.2) is 0 Å². The van der Waals surface area contributed by atoms with E-state index in [1.165, 1.54) is 13.3 Å². The first-order valence-corrected chi connectivity index (χ1v) is 2.68. The van der Waals surface area contributed by atoms with Crippen LogP contribution in [0.5, 0.6) is 0 Å². The summed E-state index contributed by atoms with van der Waals surface area (Å²) in [6.45, 7) is 0. The highest BCUT2D eigenvalue weighted by atomic mass is 16.6. The molecular weight excluding hydrogens is 118 g/mol. The molecule has 0 aromatic rings. The Hall–Kier alpha value is -0.800. The lowest BCUT2D eigenvalue weighted by atomic mass is 10.4. The van der Waals surface area contributed by atoms with Gasteiger partial charge in [-0.05, 0) is 18.4 Å². The van der Waals surface area contributed by atoms with Crippen molar-refractivity contribution in [1.82, 2.24) is 5.06 Å². The van der Waals surface area contributed by atoms with Gasteiger partial charge in [-0.2, -0.15) is 0 Å². The van der Waals surface area contributed by atoms with Gasteiger partial charge in [0, 0.05) is 7.11 Å². The number of ether oxygens (including phenoxy) is 1. The van der Waals surface area contributed by atoms with Crippen LogP contribution in [0.2, 0.25) is 0 Å². The quantitative estimate of drug-likeness (QED) is 0.522. The summed E-state index contributed by atoms with van der Waals surface area (Å²) in [5, 5.41) is 11.4. The minimum Gasteiger partial charge on any atom is -0.757 e. The lowest BCUT2D eigenvalue weighted by Crippen LogP contribution is -2.26. The summed E-state index contributed by atoms with van der Waals surface area (Å²) >= 11 is 0. The molecule has 1 atom stereocenters. The van der Waals surface area contributed by atoms with Gasteiger partial charge in [-0.25, -0.2) is 0 Å². The van der Waals surface area contributed by atoms with Crippen molar-refractivity contribution in [1.29, 1.82) is 0 Å². The molecule has 0 aromatic carbocycles. The van der Waals surface area contributed by atoms with Crippen molar-refractivity contribution in [3.8, 4) is 0 Å². The molecule has 1 rings (SSSR count). The Morgan fingerprint density at radius 3 is 2.78 bits per heavy atom. The minimum atomic E-state index is -0.435. The van der Waals surface area contributed by atoms with Crippen LogP contribution in [0.15, 0.2) is 24.4 Å². The third-order valence-electron chi connectivity index (χ3n) is 1.11. The van der Waals surface area contributed by atoms with Gasteiger partial charge < -0.3 is 15.0 Å². The van der Waals surface area contributed by atoms with Crippen molar-refractivity contribution in [2.75, 3.05) is 7.11 Å². The highest BCUT2D eigenvalue weighted by molar-refractivity contribution is 5.11. The van der Waals surface area contributed by atoms with E-state index in [2.05, 4.69) is 0 Å². The van der Waals surface area contributed by atoms with Crippen LogP contribution in [0.3, 0.4) is 0 Å².